The molecule has 2 atom stereocenters. The number of rotatable bonds is 1. The minimum atomic E-state index is -4.50. The van der Waals surface area contributed by atoms with Crippen molar-refractivity contribution in [1.29, 1.82) is 0 Å². The second-order valence-corrected chi connectivity index (χ2v) is 3.07. The Labute approximate surface area is 77.1 Å². The summed E-state index contributed by atoms with van der Waals surface area (Å²) in [5.41, 5.74) is 0. The highest BCUT2D eigenvalue weighted by molar-refractivity contribution is 5.97. The summed E-state index contributed by atoms with van der Waals surface area (Å²) in [4.78, 5) is 21.3. The summed E-state index contributed by atoms with van der Waals surface area (Å²) < 4.78 is 36.2. The summed E-state index contributed by atoms with van der Waals surface area (Å²) in [6.45, 7) is 0. The van der Waals surface area contributed by atoms with Gasteiger partial charge in [-0.15, -0.1) is 0 Å². The van der Waals surface area contributed by atoms with Gasteiger partial charge in [-0.25, -0.2) is 0 Å². The molecule has 1 saturated heterocycles. The van der Waals surface area contributed by atoms with Crippen LogP contribution in [0, 0.1) is 5.92 Å². The van der Waals surface area contributed by atoms with Crippen LogP contribution < -0.4 is 5.32 Å². The first-order valence-corrected chi connectivity index (χ1v) is 3.92. The molecule has 7 heteroatoms. The van der Waals surface area contributed by atoms with Gasteiger partial charge in [0.15, 0.2) is 0 Å². The Morgan fingerprint density at radius 2 is 2.00 bits per heavy atom. The molecule has 1 rings (SSSR count). The molecule has 0 aromatic rings. The molecule has 0 spiro atoms. The van der Waals surface area contributed by atoms with E-state index in [1.807, 2.05) is 0 Å². The molecule has 1 aliphatic rings. The number of carboxylic acids is 1. The Morgan fingerprint density at radius 1 is 1.43 bits per heavy atom. The van der Waals surface area contributed by atoms with Crippen LogP contribution >= 0.6 is 0 Å². The van der Waals surface area contributed by atoms with E-state index in [-0.39, 0.29) is 12.8 Å². The average Bonchev–Trinajstić information content (AvgIpc) is 2.01. The van der Waals surface area contributed by atoms with Crippen LogP contribution in [-0.4, -0.2) is 29.2 Å². The Morgan fingerprint density at radius 3 is 2.36 bits per heavy atom. The van der Waals surface area contributed by atoms with E-state index in [4.69, 9.17) is 5.11 Å². The molecular weight excluding hydrogens is 203 g/mol. The molecule has 1 aliphatic heterocycles. The molecule has 0 bridgehead atoms. The van der Waals surface area contributed by atoms with Gasteiger partial charge in [0.25, 0.3) is 0 Å². The van der Waals surface area contributed by atoms with Gasteiger partial charge in [0.05, 0.1) is 0 Å². The quantitative estimate of drug-likeness (QED) is 0.621. The van der Waals surface area contributed by atoms with Crippen LogP contribution in [0.25, 0.3) is 0 Å². The van der Waals surface area contributed by atoms with Crippen molar-refractivity contribution in [3.05, 3.63) is 0 Å². The second-order valence-electron chi connectivity index (χ2n) is 3.07. The number of piperidine rings is 1. The van der Waals surface area contributed by atoms with Gasteiger partial charge in [0.1, 0.15) is 12.0 Å². The van der Waals surface area contributed by atoms with Gasteiger partial charge < -0.3 is 10.4 Å². The molecule has 0 aromatic carbocycles. The maximum absolute atomic E-state index is 12.1. The predicted molar refractivity (Wildman–Crippen MR) is 38.3 cm³/mol. The Hall–Kier alpha value is -1.27. The van der Waals surface area contributed by atoms with E-state index in [1.165, 1.54) is 0 Å². The van der Waals surface area contributed by atoms with Crippen LogP contribution in [-0.2, 0) is 9.59 Å². The standard InChI is InChI=1S/C7H8F3NO3/c8-7(9,10)4-2-1-3(6(13)14)5(12)11-4/h3-4H,1-2H2,(H,11,12)(H,13,14). The Kier molecular flexibility index (Phi) is 2.68. The SMILES string of the molecule is O=C(O)C1CCC(C(F)(F)F)NC1=O. The van der Waals surface area contributed by atoms with Crippen molar-refractivity contribution in [2.45, 2.75) is 25.1 Å². The van der Waals surface area contributed by atoms with Gasteiger partial charge in [-0.1, -0.05) is 0 Å². The molecule has 1 amide bonds. The van der Waals surface area contributed by atoms with Crippen molar-refractivity contribution in [3.63, 3.8) is 0 Å². The molecule has 0 aliphatic carbocycles. The third-order valence-electron chi connectivity index (χ3n) is 2.07. The van der Waals surface area contributed by atoms with E-state index in [1.54, 1.807) is 5.32 Å². The number of nitrogens with one attached hydrogen (secondary N) is 1. The van der Waals surface area contributed by atoms with E-state index in [0.717, 1.165) is 0 Å². The number of halogens is 3. The van der Waals surface area contributed by atoms with E-state index < -0.39 is 30.0 Å². The fraction of sp³-hybridized carbons (Fsp3) is 0.714. The highest BCUT2D eigenvalue weighted by atomic mass is 19.4. The molecule has 0 aromatic heterocycles. The number of aliphatic carboxylic acids is 1. The molecular formula is C7H8F3NO3. The summed E-state index contributed by atoms with van der Waals surface area (Å²) in [6.07, 6.45) is -5.16. The van der Waals surface area contributed by atoms with Gasteiger partial charge in [-0.2, -0.15) is 13.2 Å². The van der Waals surface area contributed by atoms with Gasteiger partial charge >= 0.3 is 12.1 Å². The topological polar surface area (TPSA) is 66.4 Å². The molecule has 0 saturated carbocycles. The van der Waals surface area contributed by atoms with Crippen LogP contribution in [0.4, 0.5) is 13.2 Å². The van der Waals surface area contributed by atoms with Crippen LogP contribution in [0.5, 0.6) is 0 Å². The van der Waals surface area contributed by atoms with Crippen molar-refractivity contribution in [2.24, 2.45) is 5.92 Å². The van der Waals surface area contributed by atoms with Crippen LogP contribution in [0.1, 0.15) is 12.8 Å². The molecule has 1 heterocycles. The molecule has 14 heavy (non-hydrogen) atoms. The lowest BCUT2D eigenvalue weighted by Gasteiger charge is -2.28. The Bertz CT molecular complexity index is 263. The van der Waals surface area contributed by atoms with Crippen molar-refractivity contribution >= 4 is 11.9 Å². The summed E-state index contributed by atoms with van der Waals surface area (Å²) in [7, 11) is 0. The minimum Gasteiger partial charge on any atom is -0.481 e. The highest BCUT2D eigenvalue weighted by Crippen LogP contribution is 2.28. The maximum Gasteiger partial charge on any atom is 0.408 e. The monoisotopic (exact) mass is 211 g/mol. The third-order valence-corrected chi connectivity index (χ3v) is 2.07. The second kappa shape index (κ2) is 3.47. The first-order valence-electron chi connectivity index (χ1n) is 3.92. The van der Waals surface area contributed by atoms with E-state index in [0.29, 0.717) is 0 Å². The van der Waals surface area contributed by atoms with E-state index in [2.05, 4.69) is 0 Å². The summed E-state index contributed by atoms with van der Waals surface area (Å²) in [6, 6.07) is -1.91. The summed E-state index contributed by atoms with van der Waals surface area (Å²) >= 11 is 0. The summed E-state index contributed by atoms with van der Waals surface area (Å²) in [5.74, 6) is -3.80. The average molecular weight is 211 g/mol. The lowest BCUT2D eigenvalue weighted by atomic mass is 9.94. The molecule has 2 unspecified atom stereocenters. The van der Waals surface area contributed by atoms with Crippen molar-refractivity contribution in [2.75, 3.05) is 0 Å². The van der Waals surface area contributed by atoms with Crippen molar-refractivity contribution < 1.29 is 27.9 Å². The van der Waals surface area contributed by atoms with E-state index in [9.17, 15) is 22.8 Å². The molecule has 2 N–H and O–H groups in total. The number of carbonyl (C=O) groups is 2. The first kappa shape index (κ1) is 10.8. The highest BCUT2D eigenvalue weighted by Gasteiger charge is 2.45. The van der Waals surface area contributed by atoms with Crippen LogP contribution in [0.15, 0.2) is 0 Å². The van der Waals surface area contributed by atoms with Gasteiger partial charge in [-0.05, 0) is 12.8 Å². The number of amides is 1. The minimum absolute atomic E-state index is 0.272. The fourth-order valence-electron chi connectivity index (χ4n) is 1.29. The number of alkyl halides is 3. The predicted octanol–water partition coefficient (Wildman–Crippen LogP) is 0.528. The van der Waals surface area contributed by atoms with Crippen LogP contribution in [0.2, 0.25) is 0 Å². The maximum atomic E-state index is 12.1. The third kappa shape index (κ3) is 2.15. The van der Waals surface area contributed by atoms with Crippen LogP contribution in [0.3, 0.4) is 0 Å². The first-order chi connectivity index (χ1) is 6.32. The summed E-state index contributed by atoms with van der Waals surface area (Å²) in [5, 5.41) is 10.1. The molecule has 80 valence electrons. The number of hydrogen-bond acceptors (Lipinski definition) is 2. The zero-order chi connectivity index (χ0) is 10.9. The van der Waals surface area contributed by atoms with E-state index >= 15 is 0 Å². The Balaban J connectivity index is 2.65. The molecule has 0 radical (unpaired) electrons. The fourth-order valence-corrected chi connectivity index (χ4v) is 1.29. The lowest BCUT2D eigenvalue weighted by Crippen LogP contribution is -2.52. The largest absolute Gasteiger partial charge is 0.481 e. The van der Waals surface area contributed by atoms with Crippen molar-refractivity contribution in [3.8, 4) is 0 Å². The zero-order valence-electron chi connectivity index (χ0n) is 6.97. The molecule has 1 fully saturated rings. The molecule has 4 nitrogen and oxygen atoms in total. The lowest BCUT2D eigenvalue weighted by molar-refractivity contribution is -0.173. The number of hydrogen-bond donors (Lipinski definition) is 2. The zero-order valence-corrected chi connectivity index (χ0v) is 6.97. The number of carboxylic acid groups (broad SMARTS) is 1. The van der Waals surface area contributed by atoms with Gasteiger partial charge in [0.2, 0.25) is 5.91 Å². The van der Waals surface area contributed by atoms with Gasteiger partial charge in [-0.3, -0.25) is 9.59 Å². The smallest absolute Gasteiger partial charge is 0.408 e. The van der Waals surface area contributed by atoms with Crippen molar-refractivity contribution in [1.82, 2.24) is 5.32 Å². The number of carbonyl (C=O) groups excluding carboxylic acids is 1. The normalized spacial score (nSPS) is 28.4. The van der Waals surface area contributed by atoms with Gasteiger partial charge in [0, 0.05) is 0 Å².